The van der Waals surface area contributed by atoms with Gasteiger partial charge in [0.05, 0.1) is 33.8 Å². The van der Waals surface area contributed by atoms with Crippen molar-refractivity contribution in [3.05, 3.63) is 12.2 Å². The van der Waals surface area contributed by atoms with Gasteiger partial charge < -0.3 is 19.4 Å². The lowest BCUT2D eigenvalue weighted by Crippen LogP contribution is -2.47. The molecule has 3 atom stereocenters. The van der Waals surface area contributed by atoms with Crippen molar-refractivity contribution in [1.82, 2.24) is 5.32 Å². The van der Waals surface area contributed by atoms with Gasteiger partial charge in [-0.1, -0.05) is 309 Å². The molecule has 446 valence electrons. The Kier molecular flexibility index (Phi) is 55.1. The van der Waals surface area contributed by atoms with E-state index in [2.05, 4.69) is 26.1 Å². The second kappa shape index (κ2) is 56.0. The fourth-order valence-corrected chi connectivity index (χ4v) is 10.9. The van der Waals surface area contributed by atoms with Gasteiger partial charge in [0.25, 0.3) is 0 Å². The van der Waals surface area contributed by atoms with Crippen LogP contribution in [0, 0.1) is 0 Å². The smallest absolute Gasteiger partial charge is 0.456 e. The molecule has 9 nitrogen and oxygen atoms in total. The van der Waals surface area contributed by atoms with Crippen LogP contribution in [0.25, 0.3) is 0 Å². The first-order valence-corrected chi connectivity index (χ1v) is 34.5. The highest BCUT2D eigenvalue weighted by atomic mass is 31.2. The molecule has 0 aromatic rings. The number of quaternary nitrogens is 1. The third-order valence-corrected chi connectivity index (χ3v) is 16.2. The molecule has 0 rings (SSSR count). The summed E-state index contributed by atoms with van der Waals surface area (Å²) in [6.07, 6.45) is 64.9. The number of unbranched alkanes of at least 4 members (excludes halogenated alkanes) is 45. The summed E-state index contributed by atoms with van der Waals surface area (Å²) in [5, 5.41) is 3.07. The molecule has 0 spiro atoms. The summed E-state index contributed by atoms with van der Waals surface area (Å²) in [6, 6.07) is -0.839. The number of nitrogens with one attached hydrogen (secondary N) is 1. The van der Waals surface area contributed by atoms with Gasteiger partial charge in [-0.25, -0.2) is 4.57 Å². The number of hydrogen-bond acceptors (Lipinski definition) is 6. The van der Waals surface area contributed by atoms with E-state index in [0.29, 0.717) is 23.9 Å². The second-order valence-electron chi connectivity index (χ2n) is 24.0. The largest absolute Gasteiger partial charge is 0.472 e. The molecule has 0 heterocycles. The normalized spacial score (nSPS) is 13.6. The first kappa shape index (κ1) is 73.8. The lowest BCUT2D eigenvalue weighted by atomic mass is 10.0. The molecule has 0 saturated carbocycles. The van der Waals surface area contributed by atoms with Crippen LogP contribution < -0.4 is 5.32 Å². The molecule has 0 fully saturated rings. The summed E-state index contributed by atoms with van der Waals surface area (Å²) in [5.74, 6) is -0.480. The number of allylic oxidation sites excluding steroid dienone is 1. The molecule has 0 aromatic heterocycles. The Hall–Kier alpha value is -1.25. The molecule has 10 heteroatoms. The topological polar surface area (TPSA) is 111 Å². The van der Waals surface area contributed by atoms with Crippen molar-refractivity contribution in [3.8, 4) is 0 Å². The van der Waals surface area contributed by atoms with Gasteiger partial charge in [0, 0.05) is 12.8 Å². The van der Waals surface area contributed by atoms with Crippen molar-refractivity contribution in [2.75, 3.05) is 40.9 Å². The minimum absolute atomic E-state index is 0.0459. The number of nitrogens with zero attached hydrogens (tertiary/aromatic N) is 1. The second-order valence-corrected chi connectivity index (χ2v) is 25.5. The van der Waals surface area contributed by atoms with E-state index < -0.39 is 20.0 Å². The highest BCUT2D eigenvalue weighted by Gasteiger charge is 2.30. The molecule has 0 aliphatic carbocycles. The minimum Gasteiger partial charge on any atom is -0.456 e. The number of likely N-dealkylation sites (N-methyl/N-ethyl adjacent to an activating group) is 1. The third-order valence-electron chi connectivity index (χ3n) is 15.2. The number of amides is 1. The predicted molar refractivity (Wildman–Crippen MR) is 323 cm³/mol. The Morgan fingerprint density at radius 1 is 0.453 bits per heavy atom. The summed E-state index contributed by atoms with van der Waals surface area (Å²) in [5.41, 5.74) is 0. The highest BCUT2D eigenvalue weighted by molar-refractivity contribution is 7.47. The van der Waals surface area contributed by atoms with Gasteiger partial charge in [0.15, 0.2) is 0 Å². The number of phosphoric acid groups is 1. The van der Waals surface area contributed by atoms with E-state index in [4.69, 9.17) is 13.8 Å². The average molecular weight is 1080 g/mol. The number of phosphoric ester groups is 1. The van der Waals surface area contributed by atoms with Crippen LogP contribution >= 0.6 is 7.82 Å². The summed E-state index contributed by atoms with van der Waals surface area (Å²) >= 11 is 0. The predicted octanol–water partition coefficient (Wildman–Crippen LogP) is 20.3. The molecule has 3 unspecified atom stereocenters. The van der Waals surface area contributed by atoms with E-state index in [-0.39, 0.29) is 25.1 Å². The third kappa shape index (κ3) is 57.3. The lowest BCUT2D eigenvalue weighted by Gasteiger charge is -2.27. The molecular weight excluding hydrogens is 952 g/mol. The Labute approximate surface area is 467 Å². The van der Waals surface area contributed by atoms with Crippen LogP contribution in [-0.4, -0.2) is 74.3 Å². The Bertz CT molecular complexity index is 1290. The maximum atomic E-state index is 13.6. The Morgan fingerprint density at radius 2 is 0.760 bits per heavy atom. The van der Waals surface area contributed by atoms with E-state index >= 15 is 0 Å². The van der Waals surface area contributed by atoms with Gasteiger partial charge >= 0.3 is 13.8 Å². The van der Waals surface area contributed by atoms with Gasteiger partial charge in [0.1, 0.15) is 19.3 Å². The summed E-state index contributed by atoms with van der Waals surface area (Å²) in [6.45, 7) is 7.08. The van der Waals surface area contributed by atoms with Crippen molar-refractivity contribution in [1.29, 1.82) is 0 Å². The van der Waals surface area contributed by atoms with Crippen molar-refractivity contribution < 1.29 is 37.3 Å². The lowest BCUT2D eigenvalue weighted by molar-refractivity contribution is -0.870. The number of carbonyl (C=O) groups excluding carboxylic acids is 2. The first-order valence-electron chi connectivity index (χ1n) is 33.0. The van der Waals surface area contributed by atoms with E-state index in [1.807, 2.05) is 33.3 Å². The number of hydrogen-bond donors (Lipinski definition) is 2. The van der Waals surface area contributed by atoms with Crippen LogP contribution in [-0.2, 0) is 27.9 Å². The van der Waals surface area contributed by atoms with Gasteiger partial charge in [-0.2, -0.15) is 0 Å². The maximum Gasteiger partial charge on any atom is 0.472 e. The van der Waals surface area contributed by atoms with Crippen LogP contribution in [0.5, 0.6) is 0 Å². The summed E-state index contributed by atoms with van der Waals surface area (Å²) in [4.78, 5) is 37.8. The Morgan fingerprint density at radius 3 is 1.09 bits per heavy atom. The summed E-state index contributed by atoms with van der Waals surface area (Å²) in [7, 11) is 1.52. The van der Waals surface area contributed by atoms with Gasteiger partial charge in [-0.3, -0.25) is 18.6 Å². The molecule has 0 radical (unpaired) electrons. The van der Waals surface area contributed by atoms with Crippen molar-refractivity contribution >= 4 is 19.7 Å². The SMILES string of the molecule is CCCCCCCCCCCCC/C=C/C(OC(=O)CCCCCCCCCCCCCCCCC)C(COP(=O)(O)OCC[N+](C)(C)C)NC(=O)CCCCCCCCCCCCCCCCCCCCCCC. The first-order chi connectivity index (χ1) is 36.4. The summed E-state index contributed by atoms with van der Waals surface area (Å²) < 4.78 is 30.8. The molecule has 0 bridgehead atoms. The fraction of sp³-hybridized carbons (Fsp3) is 0.938. The zero-order chi connectivity index (χ0) is 55.0. The molecule has 2 N–H and O–H groups in total. The van der Waals surface area contributed by atoms with Crippen LogP contribution in [0.4, 0.5) is 0 Å². The van der Waals surface area contributed by atoms with Crippen molar-refractivity contribution in [2.24, 2.45) is 0 Å². The molecule has 0 aromatic carbocycles. The fourth-order valence-electron chi connectivity index (χ4n) is 10.1. The monoisotopic (exact) mass is 1080 g/mol. The van der Waals surface area contributed by atoms with E-state index in [0.717, 1.165) is 57.8 Å². The average Bonchev–Trinajstić information content (AvgIpc) is 3.37. The minimum atomic E-state index is -4.44. The van der Waals surface area contributed by atoms with Crippen LogP contribution in [0.3, 0.4) is 0 Å². The van der Waals surface area contributed by atoms with E-state index in [1.54, 1.807) is 0 Å². The van der Waals surface area contributed by atoms with Crippen LogP contribution in [0.15, 0.2) is 12.2 Å². The van der Waals surface area contributed by atoms with E-state index in [9.17, 15) is 19.0 Å². The molecule has 0 aliphatic heterocycles. The van der Waals surface area contributed by atoms with Crippen molar-refractivity contribution in [2.45, 2.75) is 354 Å². The number of carbonyl (C=O) groups is 2. The Balaban J connectivity index is 5.15. The standard InChI is InChI=1S/C65H129N2O7P/c1-7-10-13-16-19-22-25-28-30-31-32-33-34-35-37-39-42-45-48-51-54-57-64(68)66-62(61-73-75(70,71)72-60-59-67(4,5)6)63(56-53-50-47-44-41-38-27-24-21-18-15-12-9-3)74-65(69)58-55-52-49-46-43-40-36-29-26-23-20-17-14-11-8-2/h53,56,62-63H,7-52,54-55,57-61H2,1-6H3,(H-,66,68,70,71)/p+1/b56-53+. The maximum absolute atomic E-state index is 13.6. The molecular formula is C65H130N2O7P+. The molecule has 75 heavy (non-hydrogen) atoms. The zero-order valence-corrected chi connectivity index (χ0v) is 52.0. The molecule has 1 amide bonds. The van der Waals surface area contributed by atoms with E-state index in [1.165, 1.54) is 250 Å². The number of ether oxygens (including phenoxy) is 1. The quantitative estimate of drug-likeness (QED) is 0.0205. The number of rotatable bonds is 61. The highest BCUT2D eigenvalue weighted by Crippen LogP contribution is 2.43. The van der Waals surface area contributed by atoms with Crippen LogP contribution in [0.1, 0.15) is 342 Å². The van der Waals surface area contributed by atoms with Gasteiger partial charge in [0.2, 0.25) is 5.91 Å². The molecule has 0 saturated heterocycles. The van der Waals surface area contributed by atoms with Gasteiger partial charge in [-0.05, 0) is 31.8 Å². The zero-order valence-electron chi connectivity index (χ0n) is 51.1. The number of esters is 1. The van der Waals surface area contributed by atoms with Gasteiger partial charge in [-0.15, -0.1) is 0 Å². The molecule has 0 aliphatic rings. The van der Waals surface area contributed by atoms with Crippen molar-refractivity contribution in [3.63, 3.8) is 0 Å². The van der Waals surface area contributed by atoms with Crippen LogP contribution in [0.2, 0.25) is 0 Å².